The normalized spacial score (nSPS) is 19.8. The molecule has 1 heterocycles. The first-order valence-electron chi connectivity index (χ1n) is 8.31. The van der Waals surface area contributed by atoms with Crippen molar-refractivity contribution in [2.45, 2.75) is 18.4 Å². The minimum absolute atomic E-state index is 0. The summed E-state index contributed by atoms with van der Waals surface area (Å²) in [4.78, 5) is 14.5. The summed E-state index contributed by atoms with van der Waals surface area (Å²) in [6.45, 7) is 2.32. The monoisotopic (exact) mass is 413 g/mol. The standard InChI is InChI=1S/C19H21Cl2N3O.ClH/c20-15-7-4-8-16(21)19(15)23-18(25)9-10-24-11-14(17(22)12-24)13-5-2-1-3-6-13;/h1-8,14,17H,9-12,22H2,(H,23,25);1H/t14-,17+;/m0./s1. The summed E-state index contributed by atoms with van der Waals surface area (Å²) < 4.78 is 0. The molecule has 7 heteroatoms. The molecule has 1 saturated heterocycles. The fraction of sp³-hybridized carbons (Fsp3) is 0.316. The van der Waals surface area contributed by atoms with Crippen molar-refractivity contribution in [3.63, 3.8) is 0 Å². The van der Waals surface area contributed by atoms with Crippen molar-refractivity contribution in [2.75, 3.05) is 25.0 Å². The van der Waals surface area contributed by atoms with Crippen LogP contribution < -0.4 is 11.1 Å². The number of carbonyl (C=O) groups is 1. The lowest BCUT2D eigenvalue weighted by Crippen LogP contribution is -2.30. The van der Waals surface area contributed by atoms with Gasteiger partial charge in [-0.3, -0.25) is 4.79 Å². The van der Waals surface area contributed by atoms with Crippen molar-refractivity contribution < 1.29 is 4.79 Å². The van der Waals surface area contributed by atoms with E-state index in [0.717, 1.165) is 13.1 Å². The number of nitrogens with one attached hydrogen (secondary N) is 1. The van der Waals surface area contributed by atoms with Gasteiger partial charge in [-0.1, -0.05) is 59.6 Å². The summed E-state index contributed by atoms with van der Waals surface area (Å²) in [5.74, 6) is 0.203. The molecule has 1 fully saturated rings. The predicted molar refractivity (Wildman–Crippen MR) is 111 cm³/mol. The molecule has 0 bridgehead atoms. The van der Waals surface area contributed by atoms with E-state index in [2.05, 4.69) is 22.3 Å². The molecule has 2 atom stereocenters. The summed E-state index contributed by atoms with van der Waals surface area (Å²) in [5, 5.41) is 3.67. The highest BCUT2D eigenvalue weighted by atomic mass is 35.5. The fourth-order valence-corrected chi connectivity index (χ4v) is 3.72. The van der Waals surface area contributed by atoms with Crippen LogP contribution in [0.15, 0.2) is 48.5 Å². The van der Waals surface area contributed by atoms with E-state index >= 15 is 0 Å². The van der Waals surface area contributed by atoms with Gasteiger partial charge in [0.25, 0.3) is 0 Å². The Hall–Kier alpha value is -1.30. The molecule has 0 unspecified atom stereocenters. The molecule has 0 saturated carbocycles. The molecule has 0 aliphatic carbocycles. The Bertz CT molecular complexity index is 722. The average Bonchev–Trinajstić information content (AvgIpc) is 2.98. The minimum Gasteiger partial charge on any atom is -0.326 e. The number of hydrogen-bond donors (Lipinski definition) is 2. The summed E-state index contributed by atoms with van der Waals surface area (Å²) in [6, 6.07) is 15.5. The molecule has 0 aromatic heterocycles. The van der Waals surface area contributed by atoms with Crippen molar-refractivity contribution in [3.8, 4) is 0 Å². The third kappa shape index (κ3) is 5.12. The van der Waals surface area contributed by atoms with Crippen LogP contribution in [-0.4, -0.2) is 36.5 Å². The second kappa shape index (κ2) is 9.58. The van der Waals surface area contributed by atoms with E-state index < -0.39 is 0 Å². The Balaban J connectivity index is 0.00000243. The Morgan fingerprint density at radius 3 is 2.38 bits per heavy atom. The zero-order chi connectivity index (χ0) is 17.8. The third-order valence-corrected chi connectivity index (χ3v) is 5.18. The molecule has 2 aromatic rings. The van der Waals surface area contributed by atoms with Crippen molar-refractivity contribution >= 4 is 47.2 Å². The number of halogens is 3. The Kier molecular flexibility index (Phi) is 7.74. The van der Waals surface area contributed by atoms with Crippen LogP contribution >= 0.6 is 35.6 Å². The maximum absolute atomic E-state index is 12.2. The molecule has 1 aliphatic rings. The quantitative estimate of drug-likeness (QED) is 0.772. The molecule has 26 heavy (non-hydrogen) atoms. The van der Waals surface area contributed by atoms with Gasteiger partial charge in [-0.2, -0.15) is 0 Å². The van der Waals surface area contributed by atoms with Gasteiger partial charge in [-0.05, 0) is 17.7 Å². The number of likely N-dealkylation sites (tertiary alicyclic amines) is 1. The number of nitrogens with zero attached hydrogens (tertiary/aromatic N) is 1. The first-order valence-corrected chi connectivity index (χ1v) is 9.07. The number of hydrogen-bond acceptors (Lipinski definition) is 3. The van der Waals surface area contributed by atoms with E-state index in [1.165, 1.54) is 5.56 Å². The number of rotatable bonds is 5. The largest absolute Gasteiger partial charge is 0.326 e. The zero-order valence-electron chi connectivity index (χ0n) is 14.2. The van der Waals surface area contributed by atoms with Crippen LogP contribution in [0.4, 0.5) is 5.69 Å². The third-order valence-electron chi connectivity index (χ3n) is 4.55. The highest BCUT2D eigenvalue weighted by Crippen LogP contribution is 2.30. The van der Waals surface area contributed by atoms with Crippen molar-refractivity contribution in [1.29, 1.82) is 0 Å². The maximum atomic E-state index is 12.2. The van der Waals surface area contributed by atoms with Crippen LogP contribution in [0.1, 0.15) is 17.9 Å². The molecular weight excluding hydrogens is 393 g/mol. The number of nitrogens with two attached hydrogens (primary N) is 1. The van der Waals surface area contributed by atoms with Crippen LogP contribution in [-0.2, 0) is 4.79 Å². The Labute approximate surface area is 170 Å². The van der Waals surface area contributed by atoms with E-state index in [4.69, 9.17) is 28.9 Å². The summed E-state index contributed by atoms with van der Waals surface area (Å²) >= 11 is 12.2. The SMILES string of the molecule is Cl.N[C@@H]1CN(CCC(=O)Nc2c(Cl)cccc2Cl)C[C@H]1c1ccccc1. The van der Waals surface area contributed by atoms with Gasteiger partial charge >= 0.3 is 0 Å². The second-order valence-corrected chi connectivity index (χ2v) is 7.15. The van der Waals surface area contributed by atoms with Gasteiger partial charge < -0.3 is 16.0 Å². The van der Waals surface area contributed by atoms with E-state index in [0.29, 0.717) is 34.6 Å². The highest BCUT2D eigenvalue weighted by molar-refractivity contribution is 6.39. The lowest BCUT2D eigenvalue weighted by atomic mass is 9.95. The van der Waals surface area contributed by atoms with Crippen LogP contribution in [0.5, 0.6) is 0 Å². The molecule has 4 nitrogen and oxygen atoms in total. The number of amides is 1. The first kappa shape index (κ1) is 21.0. The Morgan fingerprint density at radius 1 is 1.08 bits per heavy atom. The molecule has 1 aliphatic heterocycles. The number of benzene rings is 2. The van der Waals surface area contributed by atoms with Gasteiger partial charge in [0.2, 0.25) is 5.91 Å². The van der Waals surface area contributed by atoms with Crippen LogP contribution in [0.25, 0.3) is 0 Å². The molecule has 0 spiro atoms. The lowest BCUT2D eigenvalue weighted by molar-refractivity contribution is -0.116. The van der Waals surface area contributed by atoms with E-state index in [1.807, 2.05) is 18.2 Å². The Morgan fingerprint density at radius 2 is 1.73 bits per heavy atom. The van der Waals surface area contributed by atoms with Gasteiger partial charge in [0.15, 0.2) is 0 Å². The summed E-state index contributed by atoms with van der Waals surface area (Å²) in [5.41, 5.74) is 8.02. The van der Waals surface area contributed by atoms with E-state index in [1.54, 1.807) is 18.2 Å². The lowest BCUT2D eigenvalue weighted by Gasteiger charge is -2.16. The van der Waals surface area contributed by atoms with Gasteiger partial charge in [-0.25, -0.2) is 0 Å². The average molecular weight is 415 g/mol. The fourth-order valence-electron chi connectivity index (χ4n) is 3.23. The van der Waals surface area contributed by atoms with Crippen LogP contribution in [0.2, 0.25) is 10.0 Å². The smallest absolute Gasteiger partial charge is 0.225 e. The van der Waals surface area contributed by atoms with Crippen molar-refractivity contribution in [1.82, 2.24) is 4.90 Å². The van der Waals surface area contributed by atoms with Crippen LogP contribution in [0.3, 0.4) is 0 Å². The van der Waals surface area contributed by atoms with Gasteiger partial charge in [0, 0.05) is 38.0 Å². The van der Waals surface area contributed by atoms with Gasteiger partial charge in [0.1, 0.15) is 0 Å². The maximum Gasteiger partial charge on any atom is 0.225 e. The molecule has 0 radical (unpaired) electrons. The summed E-state index contributed by atoms with van der Waals surface area (Å²) in [6.07, 6.45) is 0.371. The second-order valence-electron chi connectivity index (χ2n) is 6.34. The molecule has 3 N–H and O–H groups in total. The summed E-state index contributed by atoms with van der Waals surface area (Å²) in [7, 11) is 0. The van der Waals surface area contributed by atoms with Crippen molar-refractivity contribution in [3.05, 3.63) is 64.1 Å². The molecular formula is C19H22Cl3N3O. The van der Waals surface area contributed by atoms with E-state index in [9.17, 15) is 4.79 Å². The number of carbonyl (C=O) groups excluding carboxylic acids is 1. The molecule has 2 aromatic carbocycles. The predicted octanol–water partition coefficient (Wildman–Crippen LogP) is 4.17. The van der Waals surface area contributed by atoms with Crippen LogP contribution in [0, 0.1) is 0 Å². The van der Waals surface area contributed by atoms with Gasteiger partial charge in [0.05, 0.1) is 15.7 Å². The first-order chi connectivity index (χ1) is 12.0. The van der Waals surface area contributed by atoms with Crippen molar-refractivity contribution in [2.24, 2.45) is 5.73 Å². The molecule has 140 valence electrons. The topological polar surface area (TPSA) is 58.4 Å². The number of anilines is 1. The minimum atomic E-state index is -0.105. The van der Waals surface area contributed by atoms with E-state index in [-0.39, 0.29) is 24.4 Å². The van der Waals surface area contributed by atoms with Gasteiger partial charge in [-0.15, -0.1) is 12.4 Å². The molecule has 1 amide bonds. The number of para-hydroxylation sites is 1. The zero-order valence-corrected chi connectivity index (χ0v) is 16.5. The molecule has 3 rings (SSSR count). The highest BCUT2D eigenvalue weighted by Gasteiger charge is 2.31.